The van der Waals surface area contributed by atoms with Gasteiger partial charge in [-0.25, -0.2) is 4.98 Å². The number of nitrogens with zero attached hydrogens (tertiary/aromatic N) is 4. The first kappa shape index (κ1) is 20.4. The zero-order valence-electron chi connectivity index (χ0n) is 17.8. The lowest BCUT2D eigenvalue weighted by atomic mass is 9.87. The Kier molecular flexibility index (Phi) is 5.27. The van der Waals surface area contributed by atoms with Gasteiger partial charge in [-0.05, 0) is 30.9 Å². The third-order valence-electron chi connectivity index (χ3n) is 4.96. The molecule has 0 aliphatic heterocycles. The number of aromatic nitrogens is 5. The normalized spacial score (nSPS) is 12.0. The highest BCUT2D eigenvalue weighted by molar-refractivity contribution is 7.98. The first-order valence-corrected chi connectivity index (χ1v) is 10.9. The summed E-state index contributed by atoms with van der Waals surface area (Å²) in [5.74, 6) is 1.50. The molecule has 4 rings (SSSR count). The van der Waals surface area contributed by atoms with Gasteiger partial charge in [0.2, 0.25) is 11.7 Å². The molecule has 0 aliphatic rings. The maximum absolute atomic E-state index is 12.7. The van der Waals surface area contributed by atoms with Crippen LogP contribution in [0.5, 0.6) is 0 Å². The number of H-pyrrole nitrogens is 1. The molecule has 3 aromatic heterocycles. The Morgan fingerprint density at radius 2 is 1.90 bits per heavy atom. The van der Waals surface area contributed by atoms with Crippen LogP contribution in [0.2, 0.25) is 0 Å². The van der Waals surface area contributed by atoms with Gasteiger partial charge < -0.3 is 9.51 Å². The van der Waals surface area contributed by atoms with Crippen LogP contribution in [-0.2, 0) is 17.7 Å². The molecule has 0 saturated heterocycles. The van der Waals surface area contributed by atoms with Crippen molar-refractivity contribution in [1.82, 2.24) is 24.7 Å². The minimum atomic E-state index is -0.0664. The quantitative estimate of drug-likeness (QED) is 0.370. The number of thioether (sulfide) groups is 1. The molecule has 0 bridgehead atoms. The van der Waals surface area contributed by atoms with Crippen LogP contribution in [-0.4, -0.2) is 24.7 Å². The van der Waals surface area contributed by atoms with Crippen LogP contribution in [0.4, 0.5) is 0 Å². The van der Waals surface area contributed by atoms with Gasteiger partial charge in [0.05, 0.1) is 11.3 Å². The number of hydrogen-bond acceptors (Lipinski definition) is 6. The topological polar surface area (TPSA) is 89.6 Å². The molecule has 1 aromatic carbocycles. The Balaban J connectivity index is 1.54. The van der Waals surface area contributed by atoms with Crippen molar-refractivity contribution in [3.05, 3.63) is 57.8 Å². The van der Waals surface area contributed by atoms with Gasteiger partial charge in [0.15, 0.2) is 5.16 Å². The maximum atomic E-state index is 12.7. The van der Waals surface area contributed by atoms with Crippen LogP contribution in [0.3, 0.4) is 0 Å². The second-order valence-electron chi connectivity index (χ2n) is 8.28. The number of aromatic amines is 1. The second-order valence-corrected chi connectivity index (χ2v) is 9.23. The van der Waals surface area contributed by atoms with Crippen molar-refractivity contribution >= 4 is 22.8 Å². The molecule has 30 heavy (non-hydrogen) atoms. The molecule has 156 valence electrons. The lowest BCUT2D eigenvalue weighted by Gasteiger charge is -2.18. The molecule has 0 radical (unpaired) electrons. The van der Waals surface area contributed by atoms with Crippen molar-refractivity contribution in [3.63, 3.8) is 0 Å². The van der Waals surface area contributed by atoms with E-state index >= 15 is 0 Å². The summed E-state index contributed by atoms with van der Waals surface area (Å²) >= 11 is 1.42. The third-order valence-corrected chi connectivity index (χ3v) is 5.92. The lowest BCUT2D eigenvalue weighted by molar-refractivity contribution is 0.391. The number of benzene rings is 1. The molecule has 0 unspecified atom stereocenters. The van der Waals surface area contributed by atoms with E-state index in [1.807, 2.05) is 32.0 Å². The minimum absolute atomic E-state index is 0.0664. The summed E-state index contributed by atoms with van der Waals surface area (Å²) in [5.41, 5.74) is 4.33. The van der Waals surface area contributed by atoms with Gasteiger partial charge in [0.25, 0.3) is 5.56 Å². The van der Waals surface area contributed by atoms with Crippen molar-refractivity contribution in [2.75, 3.05) is 0 Å². The molecule has 7 nitrogen and oxygen atoms in total. The summed E-state index contributed by atoms with van der Waals surface area (Å²) in [6.45, 7) is 10.9. The van der Waals surface area contributed by atoms with Crippen molar-refractivity contribution in [2.45, 2.75) is 57.5 Å². The van der Waals surface area contributed by atoms with Gasteiger partial charge in [-0.3, -0.25) is 9.36 Å². The number of fused-ring (bicyclic) bond motifs is 1. The molecular weight excluding hydrogens is 398 g/mol. The van der Waals surface area contributed by atoms with Crippen LogP contribution in [0, 0.1) is 6.92 Å². The van der Waals surface area contributed by atoms with E-state index in [4.69, 9.17) is 4.52 Å². The highest BCUT2D eigenvalue weighted by atomic mass is 32.2. The second kappa shape index (κ2) is 7.75. The fourth-order valence-electron chi connectivity index (χ4n) is 3.28. The Morgan fingerprint density at radius 3 is 2.57 bits per heavy atom. The van der Waals surface area contributed by atoms with Crippen molar-refractivity contribution < 1.29 is 4.52 Å². The summed E-state index contributed by atoms with van der Waals surface area (Å²) < 4.78 is 7.09. The van der Waals surface area contributed by atoms with Gasteiger partial charge in [-0.15, -0.1) is 0 Å². The fourth-order valence-corrected chi connectivity index (χ4v) is 4.18. The number of rotatable bonds is 5. The Morgan fingerprint density at radius 1 is 1.17 bits per heavy atom. The zero-order chi connectivity index (χ0) is 21.5. The van der Waals surface area contributed by atoms with E-state index in [2.05, 4.69) is 53.0 Å². The Hall–Kier alpha value is -2.87. The smallest absolute Gasteiger partial charge is 0.278 e. The first-order chi connectivity index (χ1) is 14.3. The van der Waals surface area contributed by atoms with Crippen molar-refractivity contribution in [3.8, 4) is 11.4 Å². The van der Waals surface area contributed by atoms with Crippen LogP contribution < -0.4 is 5.56 Å². The molecule has 0 saturated carbocycles. The van der Waals surface area contributed by atoms with Gasteiger partial charge in [-0.2, -0.15) is 4.98 Å². The van der Waals surface area contributed by atoms with E-state index in [-0.39, 0.29) is 11.0 Å². The van der Waals surface area contributed by atoms with E-state index in [1.54, 1.807) is 4.57 Å². The first-order valence-electron chi connectivity index (χ1n) is 9.92. The standard InChI is InChI=1S/C22H25N5O2S/c1-6-27-20(28)18-16(11-13(2)23-18)24-21(27)30-12-17-25-19(26-29-17)14-7-9-15(10-8-14)22(3,4)5/h7-11,23H,6,12H2,1-5H3. The Bertz CT molecular complexity index is 1250. The molecule has 0 spiro atoms. The number of aryl methyl sites for hydroxylation is 1. The molecule has 4 aromatic rings. The summed E-state index contributed by atoms with van der Waals surface area (Å²) in [4.78, 5) is 25.0. The molecule has 3 heterocycles. The summed E-state index contributed by atoms with van der Waals surface area (Å²) in [6, 6.07) is 10.1. The number of hydrogen-bond donors (Lipinski definition) is 1. The zero-order valence-corrected chi connectivity index (χ0v) is 18.6. The highest BCUT2D eigenvalue weighted by Crippen LogP contribution is 2.26. The van der Waals surface area contributed by atoms with Gasteiger partial charge >= 0.3 is 0 Å². The van der Waals surface area contributed by atoms with E-state index in [0.717, 1.165) is 11.3 Å². The van der Waals surface area contributed by atoms with E-state index < -0.39 is 0 Å². The van der Waals surface area contributed by atoms with E-state index in [0.29, 0.717) is 40.2 Å². The van der Waals surface area contributed by atoms with Crippen molar-refractivity contribution in [2.24, 2.45) is 0 Å². The molecule has 1 N–H and O–H groups in total. The monoisotopic (exact) mass is 423 g/mol. The van der Waals surface area contributed by atoms with Gasteiger partial charge in [0.1, 0.15) is 5.52 Å². The van der Waals surface area contributed by atoms with Crippen LogP contribution in [0.15, 0.2) is 44.8 Å². The minimum Gasteiger partial charge on any atom is -0.353 e. The molecule has 0 aliphatic carbocycles. The molecule has 0 amide bonds. The van der Waals surface area contributed by atoms with Gasteiger partial charge in [-0.1, -0.05) is 62.0 Å². The van der Waals surface area contributed by atoms with Crippen LogP contribution >= 0.6 is 11.8 Å². The van der Waals surface area contributed by atoms with E-state index in [9.17, 15) is 4.79 Å². The van der Waals surface area contributed by atoms with Crippen LogP contribution in [0.25, 0.3) is 22.4 Å². The third kappa shape index (κ3) is 3.92. The number of nitrogens with one attached hydrogen (secondary N) is 1. The summed E-state index contributed by atoms with van der Waals surface area (Å²) in [6.07, 6.45) is 0. The fraction of sp³-hybridized carbons (Fsp3) is 0.364. The molecule has 8 heteroatoms. The predicted octanol–water partition coefficient (Wildman–Crippen LogP) is 4.69. The lowest BCUT2D eigenvalue weighted by Crippen LogP contribution is -2.22. The molecule has 0 fully saturated rings. The summed E-state index contributed by atoms with van der Waals surface area (Å²) in [5, 5.41) is 4.75. The largest absolute Gasteiger partial charge is 0.353 e. The highest BCUT2D eigenvalue weighted by Gasteiger charge is 2.16. The molecule has 0 atom stereocenters. The summed E-state index contributed by atoms with van der Waals surface area (Å²) in [7, 11) is 0. The van der Waals surface area contributed by atoms with Crippen molar-refractivity contribution in [1.29, 1.82) is 0 Å². The Labute approximate surface area is 178 Å². The van der Waals surface area contributed by atoms with Gasteiger partial charge in [0, 0.05) is 17.8 Å². The predicted molar refractivity (Wildman–Crippen MR) is 119 cm³/mol. The van der Waals surface area contributed by atoms with Crippen LogP contribution in [0.1, 0.15) is 44.8 Å². The average Bonchev–Trinajstić information content (AvgIpc) is 3.32. The molecular formula is C22H25N5O2S. The SMILES string of the molecule is CCn1c(SCc2nc(-c3ccc(C(C)(C)C)cc3)no2)nc2cc(C)[nH]c2c1=O. The van der Waals surface area contributed by atoms with E-state index in [1.165, 1.54) is 17.3 Å². The maximum Gasteiger partial charge on any atom is 0.278 e. The average molecular weight is 424 g/mol.